The SMILES string of the molecule is COc1cccc(OC)c1-c1nc2cc(C)ccn2n1. The first-order valence-corrected chi connectivity index (χ1v) is 6.27. The monoisotopic (exact) mass is 269 g/mol. The van der Waals surface area contributed by atoms with E-state index < -0.39 is 0 Å². The molecule has 0 saturated heterocycles. The number of hydrogen-bond donors (Lipinski definition) is 0. The van der Waals surface area contributed by atoms with Gasteiger partial charge in [0.1, 0.15) is 17.1 Å². The van der Waals surface area contributed by atoms with Crippen molar-refractivity contribution in [3.8, 4) is 22.9 Å². The maximum atomic E-state index is 5.39. The summed E-state index contributed by atoms with van der Waals surface area (Å²) in [6.45, 7) is 2.03. The molecule has 0 unspecified atom stereocenters. The molecule has 0 atom stereocenters. The second-order valence-corrected chi connectivity index (χ2v) is 4.48. The summed E-state index contributed by atoms with van der Waals surface area (Å²) in [6, 6.07) is 9.59. The van der Waals surface area contributed by atoms with Crippen molar-refractivity contribution in [3.63, 3.8) is 0 Å². The number of hydrogen-bond acceptors (Lipinski definition) is 4. The maximum absolute atomic E-state index is 5.39. The molecule has 0 aliphatic rings. The van der Waals surface area contributed by atoms with Crippen molar-refractivity contribution < 1.29 is 9.47 Å². The van der Waals surface area contributed by atoms with Crippen LogP contribution in [0.5, 0.6) is 11.5 Å². The Bertz CT molecular complexity index is 743. The molecule has 5 heteroatoms. The molecule has 2 heterocycles. The molecule has 0 spiro atoms. The summed E-state index contributed by atoms with van der Waals surface area (Å²) in [7, 11) is 3.25. The zero-order chi connectivity index (χ0) is 14.1. The van der Waals surface area contributed by atoms with Gasteiger partial charge >= 0.3 is 0 Å². The van der Waals surface area contributed by atoms with E-state index in [4.69, 9.17) is 9.47 Å². The smallest absolute Gasteiger partial charge is 0.189 e. The fraction of sp³-hybridized carbons (Fsp3) is 0.200. The van der Waals surface area contributed by atoms with E-state index in [9.17, 15) is 0 Å². The zero-order valence-corrected chi connectivity index (χ0v) is 11.6. The van der Waals surface area contributed by atoms with Crippen LogP contribution in [0.3, 0.4) is 0 Å². The van der Waals surface area contributed by atoms with Crippen LogP contribution in [0.4, 0.5) is 0 Å². The second-order valence-electron chi connectivity index (χ2n) is 4.48. The molecule has 20 heavy (non-hydrogen) atoms. The van der Waals surface area contributed by atoms with Crippen molar-refractivity contribution in [1.82, 2.24) is 14.6 Å². The standard InChI is InChI=1S/C15H15N3O2/c1-10-7-8-18-13(9-10)16-15(17-18)14-11(19-2)5-4-6-12(14)20-3/h4-9H,1-3H3. The first kappa shape index (κ1) is 12.5. The number of fused-ring (bicyclic) bond motifs is 1. The van der Waals surface area contributed by atoms with Crippen LogP contribution in [-0.4, -0.2) is 28.8 Å². The Kier molecular flexibility index (Phi) is 3.02. The highest BCUT2D eigenvalue weighted by Crippen LogP contribution is 2.36. The summed E-state index contributed by atoms with van der Waals surface area (Å²) < 4.78 is 12.5. The third kappa shape index (κ3) is 1.97. The number of methoxy groups -OCH3 is 2. The van der Waals surface area contributed by atoms with Crippen LogP contribution in [-0.2, 0) is 0 Å². The van der Waals surface area contributed by atoms with E-state index in [2.05, 4.69) is 10.1 Å². The lowest BCUT2D eigenvalue weighted by atomic mass is 10.1. The van der Waals surface area contributed by atoms with Crippen molar-refractivity contribution >= 4 is 5.65 Å². The van der Waals surface area contributed by atoms with Gasteiger partial charge in [-0.15, -0.1) is 5.10 Å². The predicted octanol–water partition coefficient (Wildman–Crippen LogP) is 2.72. The van der Waals surface area contributed by atoms with Gasteiger partial charge in [0.25, 0.3) is 0 Å². The lowest BCUT2D eigenvalue weighted by Gasteiger charge is -2.09. The molecule has 5 nitrogen and oxygen atoms in total. The lowest BCUT2D eigenvalue weighted by Crippen LogP contribution is -1.94. The summed E-state index contributed by atoms with van der Waals surface area (Å²) in [4.78, 5) is 4.55. The number of ether oxygens (including phenoxy) is 2. The molecule has 1 aromatic carbocycles. The molecule has 0 fully saturated rings. The van der Waals surface area contributed by atoms with Crippen LogP contribution in [0, 0.1) is 6.92 Å². The highest BCUT2D eigenvalue weighted by molar-refractivity contribution is 5.73. The molecule has 0 bridgehead atoms. The van der Waals surface area contributed by atoms with Crippen molar-refractivity contribution in [1.29, 1.82) is 0 Å². The van der Waals surface area contributed by atoms with Gasteiger partial charge in [0, 0.05) is 6.20 Å². The van der Waals surface area contributed by atoms with Crippen molar-refractivity contribution in [2.75, 3.05) is 14.2 Å². The van der Waals surface area contributed by atoms with E-state index in [0.717, 1.165) is 16.8 Å². The number of rotatable bonds is 3. The van der Waals surface area contributed by atoms with Crippen molar-refractivity contribution in [2.24, 2.45) is 0 Å². The van der Waals surface area contributed by atoms with E-state index in [-0.39, 0.29) is 0 Å². The second kappa shape index (κ2) is 4.85. The molecule has 0 saturated carbocycles. The van der Waals surface area contributed by atoms with Crippen LogP contribution in [0.1, 0.15) is 5.56 Å². The van der Waals surface area contributed by atoms with E-state index in [0.29, 0.717) is 17.3 Å². The van der Waals surface area contributed by atoms with Gasteiger partial charge in [-0.1, -0.05) is 6.07 Å². The Morgan fingerprint density at radius 2 is 1.75 bits per heavy atom. The Hall–Kier alpha value is -2.56. The van der Waals surface area contributed by atoms with E-state index in [1.807, 2.05) is 43.5 Å². The van der Waals surface area contributed by atoms with Crippen LogP contribution in [0.25, 0.3) is 17.0 Å². The van der Waals surface area contributed by atoms with Crippen molar-refractivity contribution in [3.05, 3.63) is 42.1 Å². The largest absolute Gasteiger partial charge is 0.496 e. The quantitative estimate of drug-likeness (QED) is 0.733. The number of aromatic nitrogens is 3. The minimum Gasteiger partial charge on any atom is -0.496 e. The van der Waals surface area contributed by atoms with E-state index in [1.165, 1.54) is 0 Å². The third-order valence-electron chi connectivity index (χ3n) is 3.14. The normalized spacial score (nSPS) is 10.8. The molecule has 3 rings (SSSR count). The molecular weight excluding hydrogens is 254 g/mol. The lowest BCUT2D eigenvalue weighted by molar-refractivity contribution is 0.397. The van der Waals surface area contributed by atoms with Gasteiger partial charge in [0.2, 0.25) is 0 Å². The maximum Gasteiger partial charge on any atom is 0.189 e. The number of aryl methyl sites for hydroxylation is 1. The molecule has 102 valence electrons. The minimum absolute atomic E-state index is 0.588. The first-order valence-electron chi connectivity index (χ1n) is 6.27. The predicted molar refractivity (Wildman–Crippen MR) is 76.3 cm³/mol. The van der Waals surface area contributed by atoms with Gasteiger partial charge in [0.05, 0.1) is 14.2 Å². The van der Waals surface area contributed by atoms with Gasteiger partial charge in [-0.05, 0) is 36.8 Å². The molecule has 0 radical (unpaired) electrons. The van der Waals surface area contributed by atoms with Crippen LogP contribution >= 0.6 is 0 Å². The Labute approximate surface area is 116 Å². The highest BCUT2D eigenvalue weighted by Gasteiger charge is 2.17. The van der Waals surface area contributed by atoms with E-state index in [1.54, 1.807) is 18.7 Å². The topological polar surface area (TPSA) is 48.7 Å². The minimum atomic E-state index is 0.588. The summed E-state index contributed by atoms with van der Waals surface area (Å²) >= 11 is 0. The first-order chi connectivity index (χ1) is 9.72. The molecule has 0 N–H and O–H groups in total. The molecule has 3 aromatic rings. The van der Waals surface area contributed by atoms with Gasteiger partial charge < -0.3 is 9.47 Å². The molecule has 0 aliphatic carbocycles. The molecule has 2 aromatic heterocycles. The fourth-order valence-corrected chi connectivity index (χ4v) is 2.16. The molecule has 0 amide bonds. The summed E-state index contributed by atoms with van der Waals surface area (Å²) in [6.07, 6.45) is 1.89. The third-order valence-corrected chi connectivity index (χ3v) is 3.14. The highest BCUT2D eigenvalue weighted by atomic mass is 16.5. The number of benzene rings is 1. The van der Waals surface area contributed by atoms with Gasteiger partial charge in [-0.2, -0.15) is 0 Å². The number of nitrogens with zero attached hydrogens (tertiary/aromatic N) is 3. The van der Waals surface area contributed by atoms with Crippen LogP contribution in [0.2, 0.25) is 0 Å². The van der Waals surface area contributed by atoms with Crippen LogP contribution in [0.15, 0.2) is 36.5 Å². The Morgan fingerprint density at radius 3 is 2.40 bits per heavy atom. The summed E-state index contributed by atoms with van der Waals surface area (Å²) in [5.74, 6) is 1.97. The van der Waals surface area contributed by atoms with Gasteiger partial charge in [0.15, 0.2) is 11.5 Å². The average Bonchev–Trinajstić information content (AvgIpc) is 2.88. The van der Waals surface area contributed by atoms with Gasteiger partial charge in [-0.3, -0.25) is 0 Å². The van der Waals surface area contributed by atoms with Crippen LogP contribution < -0.4 is 9.47 Å². The zero-order valence-electron chi connectivity index (χ0n) is 11.6. The Morgan fingerprint density at radius 1 is 1.05 bits per heavy atom. The van der Waals surface area contributed by atoms with E-state index >= 15 is 0 Å². The Balaban J connectivity index is 2.24. The van der Waals surface area contributed by atoms with Crippen molar-refractivity contribution in [2.45, 2.75) is 6.92 Å². The molecule has 0 aliphatic heterocycles. The molecular formula is C15H15N3O2. The van der Waals surface area contributed by atoms with Gasteiger partial charge in [-0.25, -0.2) is 9.50 Å². The summed E-state index contributed by atoms with van der Waals surface area (Å²) in [5, 5.41) is 4.49. The summed E-state index contributed by atoms with van der Waals surface area (Å²) in [5.41, 5.74) is 2.70. The fourth-order valence-electron chi connectivity index (χ4n) is 2.16. The number of pyridine rings is 1. The average molecular weight is 269 g/mol.